The van der Waals surface area contributed by atoms with Gasteiger partial charge in [-0.05, 0) is 69.8 Å². The molecule has 2 aliphatic carbocycles. The maximum absolute atomic E-state index is 13.0. The molecule has 0 saturated carbocycles. The highest BCUT2D eigenvalue weighted by Crippen LogP contribution is 2.44. The van der Waals surface area contributed by atoms with E-state index >= 15 is 0 Å². The zero-order chi connectivity index (χ0) is 23.9. The van der Waals surface area contributed by atoms with Crippen LogP contribution < -0.4 is 0 Å². The smallest absolute Gasteiger partial charge is 0.311 e. The highest BCUT2D eigenvalue weighted by molar-refractivity contribution is 5.76. The van der Waals surface area contributed by atoms with Crippen molar-refractivity contribution in [2.45, 2.75) is 104 Å². The summed E-state index contributed by atoms with van der Waals surface area (Å²) in [5.74, 6) is -0.602. The van der Waals surface area contributed by atoms with Crippen LogP contribution in [0, 0.1) is 23.2 Å². The fourth-order valence-corrected chi connectivity index (χ4v) is 5.07. The normalized spacial score (nSPS) is 27.2. The Morgan fingerprint density at radius 3 is 2.62 bits per heavy atom. The number of hydrogen-bond acceptors (Lipinski definition) is 5. The molecule has 0 radical (unpaired) electrons. The standard InChI is InChI=1S/C26H42O6/c1-5-6-14-26(3,4)25(31)32-22-9-7-8-18-11-10-17(2)21(24(18)22)13-12-19(27)15-20(28)16-23(29)30/h8,10-11,17,19-22,24,27-28H,5-7,9,12-16H2,1-4H3,(H,29,30). The van der Waals surface area contributed by atoms with E-state index in [4.69, 9.17) is 9.84 Å². The number of allylic oxidation sites excluding steroid dienone is 3. The van der Waals surface area contributed by atoms with E-state index in [-0.39, 0.29) is 42.7 Å². The van der Waals surface area contributed by atoms with Gasteiger partial charge in [-0.15, -0.1) is 0 Å². The van der Waals surface area contributed by atoms with E-state index in [1.54, 1.807) is 0 Å². The lowest BCUT2D eigenvalue weighted by molar-refractivity contribution is -0.164. The summed E-state index contributed by atoms with van der Waals surface area (Å²) in [5.41, 5.74) is 0.711. The summed E-state index contributed by atoms with van der Waals surface area (Å²) in [6.07, 6.45) is 10.0. The molecule has 6 unspecified atom stereocenters. The molecule has 0 fully saturated rings. The number of aliphatic carboxylic acids is 1. The zero-order valence-electron chi connectivity index (χ0n) is 20.1. The third-order valence-electron chi connectivity index (χ3n) is 7.10. The van der Waals surface area contributed by atoms with E-state index in [0.29, 0.717) is 6.42 Å². The molecule has 3 N–H and O–H groups in total. The molecular formula is C26H42O6. The fourth-order valence-electron chi connectivity index (χ4n) is 5.07. The van der Waals surface area contributed by atoms with Crippen LogP contribution in [0.15, 0.2) is 23.8 Å². The average Bonchev–Trinajstić information content (AvgIpc) is 2.71. The molecule has 2 rings (SSSR count). The van der Waals surface area contributed by atoms with E-state index < -0.39 is 23.6 Å². The van der Waals surface area contributed by atoms with Crippen molar-refractivity contribution in [2.24, 2.45) is 23.2 Å². The van der Waals surface area contributed by atoms with Crippen LogP contribution in [0.2, 0.25) is 0 Å². The van der Waals surface area contributed by atoms with E-state index in [1.807, 2.05) is 13.8 Å². The first-order valence-corrected chi connectivity index (χ1v) is 12.2. The van der Waals surface area contributed by atoms with Gasteiger partial charge in [0.15, 0.2) is 0 Å². The van der Waals surface area contributed by atoms with E-state index in [1.165, 1.54) is 5.57 Å². The maximum atomic E-state index is 13.0. The molecule has 0 aromatic rings. The third kappa shape index (κ3) is 7.45. The number of aliphatic hydroxyl groups is 2. The van der Waals surface area contributed by atoms with Gasteiger partial charge in [-0.25, -0.2) is 0 Å². The fraction of sp³-hybridized carbons (Fsp3) is 0.769. The van der Waals surface area contributed by atoms with Crippen LogP contribution in [-0.2, 0) is 14.3 Å². The Kier molecular flexibility index (Phi) is 9.96. The molecule has 2 aliphatic rings. The molecule has 0 aromatic heterocycles. The lowest BCUT2D eigenvalue weighted by Gasteiger charge is -2.42. The van der Waals surface area contributed by atoms with E-state index in [0.717, 1.165) is 38.5 Å². The number of aliphatic hydroxyl groups excluding tert-OH is 2. The minimum absolute atomic E-state index is 0.0562. The molecule has 6 heteroatoms. The Balaban J connectivity index is 2.06. The number of carbonyl (C=O) groups excluding carboxylic acids is 1. The number of carboxylic acids is 1. The van der Waals surface area contributed by atoms with Gasteiger partial charge in [0.25, 0.3) is 0 Å². The SMILES string of the molecule is CCCCC(C)(C)C(=O)OC1CCC=C2C=CC(C)C(CCC(O)CC(O)CC(=O)O)C21. The molecule has 0 spiro atoms. The average molecular weight is 451 g/mol. The van der Waals surface area contributed by atoms with Crippen molar-refractivity contribution in [3.8, 4) is 0 Å². The van der Waals surface area contributed by atoms with Crippen molar-refractivity contribution in [1.82, 2.24) is 0 Å². The van der Waals surface area contributed by atoms with Gasteiger partial charge in [0.2, 0.25) is 0 Å². The number of hydrogen-bond donors (Lipinski definition) is 3. The molecule has 0 heterocycles. The van der Waals surface area contributed by atoms with Crippen molar-refractivity contribution in [3.05, 3.63) is 23.8 Å². The number of rotatable bonds is 12. The van der Waals surface area contributed by atoms with Gasteiger partial charge in [-0.2, -0.15) is 0 Å². The largest absolute Gasteiger partial charge is 0.481 e. The minimum atomic E-state index is -1.07. The lowest BCUT2D eigenvalue weighted by Crippen LogP contribution is -2.41. The van der Waals surface area contributed by atoms with Crippen LogP contribution in [0.4, 0.5) is 0 Å². The van der Waals surface area contributed by atoms with Gasteiger partial charge in [0.05, 0.1) is 24.0 Å². The molecule has 0 aliphatic heterocycles. The summed E-state index contributed by atoms with van der Waals surface area (Å²) in [7, 11) is 0. The summed E-state index contributed by atoms with van der Waals surface area (Å²) in [6.45, 7) is 8.20. The van der Waals surface area contributed by atoms with Gasteiger partial charge in [0.1, 0.15) is 6.10 Å². The van der Waals surface area contributed by atoms with Crippen LogP contribution in [0.5, 0.6) is 0 Å². The van der Waals surface area contributed by atoms with Gasteiger partial charge in [-0.1, -0.05) is 44.9 Å². The lowest BCUT2D eigenvalue weighted by atomic mass is 9.66. The molecule has 0 saturated heterocycles. The number of carboxylic acid groups (broad SMARTS) is 1. The van der Waals surface area contributed by atoms with Gasteiger partial charge >= 0.3 is 11.9 Å². The second-order valence-electron chi connectivity index (χ2n) is 10.3. The maximum Gasteiger partial charge on any atom is 0.311 e. The number of ether oxygens (including phenoxy) is 1. The molecule has 0 aromatic carbocycles. The van der Waals surface area contributed by atoms with Gasteiger partial charge in [0, 0.05) is 5.92 Å². The van der Waals surface area contributed by atoms with Crippen LogP contribution in [-0.4, -0.2) is 45.6 Å². The number of esters is 1. The van der Waals surface area contributed by atoms with Crippen molar-refractivity contribution < 1.29 is 29.6 Å². The first-order valence-electron chi connectivity index (χ1n) is 12.2. The Morgan fingerprint density at radius 1 is 1.25 bits per heavy atom. The predicted molar refractivity (Wildman–Crippen MR) is 124 cm³/mol. The van der Waals surface area contributed by atoms with E-state index in [2.05, 4.69) is 32.1 Å². The Morgan fingerprint density at radius 2 is 1.97 bits per heavy atom. The molecule has 0 bridgehead atoms. The summed E-state index contributed by atoms with van der Waals surface area (Å²) in [6, 6.07) is 0. The summed E-state index contributed by atoms with van der Waals surface area (Å²) >= 11 is 0. The molecule has 6 atom stereocenters. The zero-order valence-corrected chi connectivity index (χ0v) is 20.1. The number of fused-ring (bicyclic) bond motifs is 1. The predicted octanol–water partition coefficient (Wildman–Crippen LogP) is 4.64. The van der Waals surface area contributed by atoms with Crippen LogP contribution in [0.25, 0.3) is 0 Å². The number of carbonyl (C=O) groups is 2. The van der Waals surface area contributed by atoms with E-state index in [9.17, 15) is 19.8 Å². The molecule has 6 nitrogen and oxygen atoms in total. The van der Waals surface area contributed by atoms with Crippen molar-refractivity contribution in [1.29, 1.82) is 0 Å². The summed E-state index contributed by atoms with van der Waals surface area (Å²) in [5, 5.41) is 29.0. The first kappa shape index (κ1) is 26.6. The van der Waals surface area contributed by atoms with Crippen LogP contribution in [0.1, 0.15) is 85.5 Å². The quantitative estimate of drug-likeness (QED) is 0.374. The number of unbranched alkanes of at least 4 members (excludes halogenated alkanes) is 1. The summed E-state index contributed by atoms with van der Waals surface area (Å²) in [4.78, 5) is 23.8. The van der Waals surface area contributed by atoms with Crippen molar-refractivity contribution in [3.63, 3.8) is 0 Å². The Labute approximate surface area is 192 Å². The molecule has 0 amide bonds. The molecule has 32 heavy (non-hydrogen) atoms. The highest BCUT2D eigenvalue weighted by Gasteiger charge is 2.41. The summed E-state index contributed by atoms with van der Waals surface area (Å²) < 4.78 is 6.13. The second kappa shape index (κ2) is 12.0. The Bertz CT molecular complexity index is 694. The second-order valence-corrected chi connectivity index (χ2v) is 10.3. The minimum Gasteiger partial charge on any atom is -0.481 e. The monoisotopic (exact) mass is 450 g/mol. The van der Waals surface area contributed by atoms with Gasteiger partial charge in [-0.3, -0.25) is 9.59 Å². The first-order chi connectivity index (χ1) is 15.0. The highest BCUT2D eigenvalue weighted by atomic mass is 16.5. The molecule has 182 valence electrons. The van der Waals surface area contributed by atoms with Crippen LogP contribution >= 0.6 is 0 Å². The van der Waals surface area contributed by atoms with Crippen molar-refractivity contribution in [2.75, 3.05) is 0 Å². The Hall–Kier alpha value is -1.66. The van der Waals surface area contributed by atoms with Crippen molar-refractivity contribution >= 4 is 11.9 Å². The molecular weight excluding hydrogens is 408 g/mol. The topological polar surface area (TPSA) is 104 Å². The third-order valence-corrected chi connectivity index (χ3v) is 7.10. The van der Waals surface area contributed by atoms with Crippen LogP contribution in [0.3, 0.4) is 0 Å². The van der Waals surface area contributed by atoms with Gasteiger partial charge < -0.3 is 20.1 Å².